The maximum Gasteiger partial charge on any atom is 0.487 e. The molecule has 0 atom stereocenters. The molecule has 0 spiro atoms. The number of allylic oxidation sites excluding steroid dienone is 4. The summed E-state index contributed by atoms with van der Waals surface area (Å²) in [6, 6.07) is 0. The van der Waals surface area contributed by atoms with E-state index in [1.54, 1.807) is 0 Å². The predicted octanol–water partition coefficient (Wildman–Crippen LogP) is 1.28. The number of carbonyl (C=O) groups is 1. The van der Waals surface area contributed by atoms with Crippen molar-refractivity contribution in [2.45, 2.75) is 20.8 Å². The average molecular weight is 196 g/mol. The topological polar surface area (TPSA) is 57.5 Å². The van der Waals surface area contributed by atoms with Crippen molar-refractivity contribution in [3.8, 4) is 0 Å². The molecular formula is C10H17BO3. The summed E-state index contributed by atoms with van der Waals surface area (Å²) in [5.74, 6) is -0.161. The van der Waals surface area contributed by atoms with Crippen molar-refractivity contribution in [2.75, 3.05) is 0 Å². The van der Waals surface area contributed by atoms with Gasteiger partial charge in [0.15, 0.2) is 5.78 Å². The third-order valence-corrected chi connectivity index (χ3v) is 1.28. The summed E-state index contributed by atoms with van der Waals surface area (Å²) < 4.78 is 0. The van der Waals surface area contributed by atoms with Crippen LogP contribution in [0.25, 0.3) is 0 Å². The molecule has 0 fully saturated rings. The number of ketones is 1. The van der Waals surface area contributed by atoms with E-state index in [1.807, 2.05) is 13.8 Å². The molecule has 0 aliphatic rings. The second kappa shape index (κ2) is 8.47. The number of Topliss-reactive ketones (excluding diaryl/α,β-unsaturated/α-hetero) is 1. The zero-order valence-electron chi connectivity index (χ0n) is 8.95. The van der Waals surface area contributed by atoms with Crippen molar-refractivity contribution in [1.29, 1.82) is 0 Å². The summed E-state index contributed by atoms with van der Waals surface area (Å²) >= 11 is 0. The second-order valence-corrected chi connectivity index (χ2v) is 2.36. The highest BCUT2D eigenvalue weighted by atomic mass is 16.4. The van der Waals surface area contributed by atoms with Crippen molar-refractivity contribution < 1.29 is 14.8 Å². The van der Waals surface area contributed by atoms with Crippen LogP contribution < -0.4 is 0 Å². The smallest absolute Gasteiger partial charge is 0.423 e. The first kappa shape index (κ1) is 15.4. The van der Waals surface area contributed by atoms with Gasteiger partial charge in [0.1, 0.15) is 0 Å². The predicted molar refractivity (Wildman–Crippen MR) is 59.6 cm³/mol. The van der Waals surface area contributed by atoms with Crippen LogP contribution in [-0.2, 0) is 4.79 Å². The van der Waals surface area contributed by atoms with Crippen LogP contribution in [-0.4, -0.2) is 22.9 Å². The standard InChI is InChI=1S/C8H11BO3.C2H6/c1-6(8(3)10)4-5-7(2)9(11)12;1-2/h4-5,11-12H,1-2H2,3H3;1-2H3/b5-4-;. The first-order chi connectivity index (χ1) is 6.45. The third-order valence-electron chi connectivity index (χ3n) is 1.28. The lowest BCUT2D eigenvalue weighted by Gasteiger charge is -1.95. The quantitative estimate of drug-likeness (QED) is 0.404. The van der Waals surface area contributed by atoms with E-state index in [2.05, 4.69) is 13.2 Å². The molecule has 0 saturated heterocycles. The van der Waals surface area contributed by atoms with Gasteiger partial charge >= 0.3 is 7.12 Å². The minimum Gasteiger partial charge on any atom is -0.423 e. The van der Waals surface area contributed by atoms with Gasteiger partial charge in [-0.3, -0.25) is 4.79 Å². The monoisotopic (exact) mass is 196 g/mol. The van der Waals surface area contributed by atoms with Gasteiger partial charge in [-0.2, -0.15) is 0 Å². The number of hydrogen-bond donors (Lipinski definition) is 2. The normalized spacial score (nSPS) is 8.93. The third kappa shape index (κ3) is 7.52. The minimum atomic E-state index is -1.58. The lowest BCUT2D eigenvalue weighted by molar-refractivity contribution is -0.113. The van der Waals surface area contributed by atoms with Gasteiger partial charge in [0, 0.05) is 5.57 Å². The molecule has 2 N–H and O–H groups in total. The molecule has 0 aromatic rings. The van der Waals surface area contributed by atoms with Gasteiger partial charge in [0.25, 0.3) is 0 Å². The Bertz CT molecular complexity index is 242. The second-order valence-electron chi connectivity index (χ2n) is 2.36. The summed E-state index contributed by atoms with van der Waals surface area (Å²) in [6.07, 6.45) is 2.73. The Morgan fingerprint density at radius 2 is 1.64 bits per heavy atom. The molecule has 14 heavy (non-hydrogen) atoms. The van der Waals surface area contributed by atoms with Gasteiger partial charge < -0.3 is 10.0 Å². The van der Waals surface area contributed by atoms with Crippen LogP contribution in [0.2, 0.25) is 0 Å². The summed E-state index contributed by atoms with van der Waals surface area (Å²) in [5.41, 5.74) is 0.425. The van der Waals surface area contributed by atoms with Crippen LogP contribution in [0.15, 0.2) is 36.4 Å². The fourth-order valence-corrected chi connectivity index (χ4v) is 0.411. The fourth-order valence-electron chi connectivity index (χ4n) is 0.411. The molecular weight excluding hydrogens is 179 g/mol. The number of carbonyl (C=O) groups excluding carboxylic acids is 1. The van der Waals surface area contributed by atoms with Crippen LogP contribution in [0, 0.1) is 0 Å². The molecule has 0 rings (SSSR count). The van der Waals surface area contributed by atoms with Crippen molar-refractivity contribution in [3.63, 3.8) is 0 Å². The zero-order chi connectivity index (χ0) is 11.7. The summed E-state index contributed by atoms with van der Waals surface area (Å²) in [7, 11) is -1.58. The SMILES string of the molecule is C=C(/C=C\C(=C)C(C)=O)B(O)O.CC. The van der Waals surface area contributed by atoms with Gasteiger partial charge in [-0.25, -0.2) is 0 Å². The van der Waals surface area contributed by atoms with E-state index in [1.165, 1.54) is 19.1 Å². The Labute approximate surface area is 85.6 Å². The highest BCUT2D eigenvalue weighted by Crippen LogP contribution is 1.99. The van der Waals surface area contributed by atoms with Crippen LogP contribution in [0.4, 0.5) is 0 Å². The first-order valence-electron chi connectivity index (χ1n) is 4.38. The molecule has 0 aromatic heterocycles. The molecule has 3 nitrogen and oxygen atoms in total. The Balaban J connectivity index is 0. The summed E-state index contributed by atoms with van der Waals surface area (Å²) in [4.78, 5) is 10.6. The van der Waals surface area contributed by atoms with E-state index in [-0.39, 0.29) is 11.3 Å². The molecule has 0 aliphatic carbocycles. The maximum atomic E-state index is 10.6. The van der Waals surface area contributed by atoms with Gasteiger partial charge in [-0.1, -0.05) is 39.2 Å². The van der Waals surface area contributed by atoms with Gasteiger partial charge in [0.2, 0.25) is 0 Å². The van der Waals surface area contributed by atoms with Gasteiger partial charge in [0.05, 0.1) is 0 Å². The molecule has 0 aliphatic heterocycles. The summed E-state index contributed by atoms with van der Waals surface area (Å²) in [6.45, 7) is 12.2. The van der Waals surface area contributed by atoms with Gasteiger partial charge in [-0.05, 0) is 12.4 Å². The lowest BCUT2D eigenvalue weighted by Crippen LogP contribution is -2.12. The van der Waals surface area contributed by atoms with E-state index in [0.717, 1.165) is 0 Å². The zero-order valence-corrected chi connectivity index (χ0v) is 8.95. The molecule has 0 heterocycles. The van der Waals surface area contributed by atoms with Crippen LogP contribution in [0.5, 0.6) is 0 Å². The van der Waals surface area contributed by atoms with E-state index < -0.39 is 7.12 Å². The molecule has 0 amide bonds. The fraction of sp³-hybridized carbons (Fsp3) is 0.300. The molecule has 4 heteroatoms. The van der Waals surface area contributed by atoms with Crippen LogP contribution in [0.3, 0.4) is 0 Å². The Morgan fingerprint density at radius 3 is 1.93 bits per heavy atom. The van der Waals surface area contributed by atoms with Crippen molar-refractivity contribution in [2.24, 2.45) is 0 Å². The van der Waals surface area contributed by atoms with E-state index in [9.17, 15) is 4.79 Å². The lowest BCUT2D eigenvalue weighted by atomic mass is 9.80. The van der Waals surface area contributed by atoms with E-state index in [4.69, 9.17) is 10.0 Å². The van der Waals surface area contributed by atoms with E-state index >= 15 is 0 Å². The number of hydrogen-bond acceptors (Lipinski definition) is 3. The highest BCUT2D eigenvalue weighted by molar-refractivity contribution is 6.51. The number of rotatable bonds is 4. The maximum absolute atomic E-state index is 10.6. The molecule has 0 aromatic carbocycles. The Hall–Kier alpha value is -1.13. The highest BCUT2D eigenvalue weighted by Gasteiger charge is 2.08. The van der Waals surface area contributed by atoms with Crippen molar-refractivity contribution in [1.82, 2.24) is 0 Å². The minimum absolute atomic E-state index is 0.123. The molecule has 0 unspecified atom stereocenters. The van der Waals surface area contributed by atoms with Crippen LogP contribution >= 0.6 is 0 Å². The molecule has 0 saturated carbocycles. The molecule has 78 valence electrons. The van der Waals surface area contributed by atoms with Gasteiger partial charge in [-0.15, -0.1) is 0 Å². The molecule has 0 bridgehead atoms. The molecule has 0 radical (unpaired) electrons. The Kier molecular flexibility index (Phi) is 9.29. The summed E-state index contributed by atoms with van der Waals surface area (Å²) in [5, 5.41) is 17.1. The average Bonchev–Trinajstić information content (AvgIpc) is 2.16. The van der Waals surface area contributed by atoms with Crippen molar-refractivity contribution in [3.05, 3.63) is 36.4 Å². The first-order valence-corrected chi connectivity index (χ1v) is 4.38. The largest absolute Gasteiger partial charge is 0.487 e. The van der Waals surface area contributed by atoms with E-state index in [0.29, 0.717) is 5.57 Å². The van der Waals surface area contributed by atoms with Crippen molar-refractivity contribution >= 4 is 12.9 Å². The van der Waals surface area contributed by atoms with Crippen LogP contribution in [0.1, 0.15) is 20.8 Å². The Morgan fingerprint density at radius 1 is 1.21 bits per heavy atom.